The molecule has 1 amide bonds. The van der Waals surface area contributed by atoms with Crippen LogP contribution in [0.5, 0.6) is 0 Å². The molecule has 2 heterocycles. The Morgan fingerprint density at radius 2 is 2.17 bits per heavy atom. The monoisotopic (exact) mass is 317 g/mol. The van der Waals surface area contributed by atoms with Crippen molar-refractivity contribution in [2.45, 2.75) is 33.3 Å². The quantitative estimate of drug-likeness (QED) is 0.865. The van der Waals surface area contributed by atoms with Gasteiger partial charge in [0.2, 0.25) is 0 Å². The number of cyclic esters (lactones) is 1. The lowest BCUT2D eigenvalue weighted by Crippen LogP contribution is -2.26. The number of aromatic nitrogens is 2. The van der Waals surface area contributed by atoms with Crippen LogP contribution in [0.4, 0.5) is 14.9 Å². The number of benzene rings is 1. The second kappa shape index (κ2) is 5.68. The van der Waals surface area contributed by atoms with E-state index in [1.807, 2.05) is 0 Å². The molecular weight excluding hydrogens is 297 g/mol. The molecule has 0 bridgehead atoms. The van der Waals surface area contributed by atoms with Crippen LogP contribution in [0.25, 0.3) is 5.69 Å². The van der Waals surface area contributed by atoms with Crippen LogP contribution in [0, 0.1) is 11.2 Å². The third-order valence-corrected chi connectivity index (χ3v) is 3.74. The number of rotatable bonds is 3. The Balaban J connectivity index is 1.80. The number of halogens is 1. The van der Waals surface area contributed by atoms with Crippen molar-refractivity contribution in [3.63, 3.8) is 0 Å². The molecule has 0 radical (unpaired) electrons. The third-order valence-electron chi connectivity index (χ3n) is 3.74. The summed E-state index contributed by atoms with van der Waals surface area (Å²) >= 11 is 0. The summed E-state index contributed by atoms with van der Waals surface area (Å²) in [5.41, 5.74) is 0.968. The Labute approximate surface area is 134 Å². The number of carbonyl (C=O) groups is 1. The van der Waals surface area contributed by atoms with Crippen molar-refractivity contribution in [1.82, 2.24) is 9.55 Å². The van der Waals surface area contributed by atoms with Gasteiger partial charge in [-0.1, -0.05) is 20.8 Å². The highest BCUT2D eigenvalue weighted by Crippen LogP contribution is 2.30. The van der Waals surface area contributed by atoms with Gasteiger partial charge in [0.1, 0.15) is 11.9 Å². The Hall–Kier alpha value is -2.37. The SMILES string of the molecule is CC(C)(C)C[C@H]1CN(c2ccc(-n3ccnc3)c(F)c2)C(=O)O1. The molecule has 0 saturated carbocycles. The summed E-state index contributed by atoms with van der Waals surface area (Å²) in [6.07, 6.45) is 4.96. The highest BCUT2D eigenvalue weighted by Gasteiger charge is 2.34. The molecule has 1 fully saturated rings. The first kappa shape index (κ1) is 15.5. The van der Waals surface area contributed by atoms with E-state index in [0.29, 0.717) is 17.9 Å². The lowest BCUT2D eigenvalue weighted by atomic mass is 9.89. The predicted octanol–water partition coefficient (Wildman–Crippen LogP) is 3.77. The van der Waals surface area contributed by atoms with Gasteiger partial charge < -0.3 is 9.30 Å². The topological polar surface area (TPSA) is 47.4 Å². The molecule has 1 aromatic carbocycles. The van der Waals surface area contributed by atoms with E-state index in [2.05, 4.69) is 25.8 Å². The number of imidazole rings is 1. The van der Waals surface area contributed by atoms with Crippen LogP contribution in [-0.2, 0) is 4.74 Å². The number of hydrogen-bond donors (Lipinski definition) is 0. The smallest absolute Gasteiger partial charge is 0.414 e. The van der Waals surface area contributed by atoms with Crippen LogP contribution in [0.3, 0.4) is 0 Å². The lowest BCUT2D eigenvalue weighted by Gasteiger charge is -2.21. The highest BCUT2D eigenvalue weighted by atomic mass is 19.1. The molecule has 0 N–H and O–H groups in total. The molecule has 1 aliphatic rings. The zero-order valence-corrected chi connectivity index (χ0v) is 13.5. The van der Waals surface area contributed by atoms with E-state index >= 15 is 0 Å². The largest absolute Gasteiger partial charge is 0.444 e. The Bertz CT molecular complexity index is 707. The first-order valence-electron chi connectivity index (χ1n) is 7.59. The summed E-state index contributed by atoms with van der Waals surface area (Å²) in [6.45, 7) is 6.75. The molecule has 1 atom stereocenters. The molecule has 1 aliphatic heterocycles. The van der Waals surface area contributed by atoms with Gasteiger partial charge in [-0.05, 0) is 30.0 Å². The zero-order valence-electron chi connectivity index (χ0n) is 13.5. The minimum atomic E-state index is -0.422. The Morgan fingerprint density at radius 1 is 1.39 bits per heavy atom. The standard InChI is InChI=1S/C17H20FN3O2/c1-17(2,3)9-13-10-21(16(22)23-13)12-4-5-15(14(18)8-12)20-7-6-19-11-20/h4-8,11,13H,9-10H2,1-3H3/t13-/m0/s1. The number of nitrogens with zero attached hydrogens (tertiary/aromatic N) is 3. The number of ether oxygens (including phenoxy) is 1. The third kappa shape index (κ3) is 3.36. The predicted molar refractivity (Wildman–Crippen MR) is 85.2 cm³/mol. The zero-order chi connectivity index (χ0) is 16.6. The van der Waals surface area contributed by atoms with Gasteiger partial charge in [0.15, 0.2) is 0 Å². The van der Waals surface area contributed by atoms with E-state index in [4.69, 9.17) is 4.74 Å². The minimum absolute atomic E-state index is 0.0670. The molecule has 5 nitrogen and oxygen atoms in total. The van der Waals surface area contributed by atoms with Gasteiger partial charge in [0, 0.05) is 12.4 Å². The van der Waals surface area contributed by atoms with Crippen molar-refractivity contribution in [3.8, 4) is 5.69 Å². The second-order valence-electron chi connectivity index (χ2n) is 6.99. The Morgan fingerprint density at radius 3 is 2.78 bits per heavy atom. The summed E-state index contributed by atoms with van der Waals surface area (Å²) in [5, 5.41) is 0. The van der Waals surface area contributed by atoms with E-state index in [9.17, 15) is 9.18 Å². The molecule has 0 spiro atoms. The normalized spacial score (nSPS) is 18.3. The van der Waals surface area contributed by atoms with Crippen molar-refractivity contribution >= 4 is 11.8 Å². The number of amides is 1. The number of hydrogen-bond acceptors (Lipinski definition) is 3. The van der Waals surface area contributed by atoms with Gasteiger partial charge in [-0.25, -0.2) is 14.2 Å². The van der Waals surface area contributed by atoms with Crippen molar-refractivity contribution in [2.75, 3.05) is 11.4 Å². The summed E-state index contributed by atoms with van der Waals surface area (Å²) in [4.78, 5) is 17.5. The van der Waals surface area contributed by atoms with Crippen LogP contribution in [0.1, 0.15) is 27.2 Å². The summed E-state index contributed by atoms with van der Waals surface area (Å²) in [7, 11) is 0. The average Bonchev–Trinajstić information content (AvgIpc) is 3.06. The summed E-state index contributed by atoms with van der Waals surface area (Å²) < 4.78 is 21.3. The average molecular weight is 317 g/mol. The van der Waals surface area contributed by atoms with E-state index in [1.165, 1.54) is 17.3 Å². The van der Waals surface area contributed by atoms with Crippen LogP contribution in [0.2, 0.25) is 0 Å². The molecule has 122 valence electrons. The summed E-state index contributed by atoms with van der Waals surface area (Å²) in [6, 6.07) is 4.71. The number of anilines is 1. The molecule has 1 saturated heterocycles. The second-order valence-corrected chi connectivity index (χ2v) is 6.99. The van der Waals surface area contributed by atoms with Crippen LogP contribution in [0.15, 0.2) is 36.9 Å². The van der Waals surface area contributed by atoms with E-state index in [1.54, 1.807) is 29.1 Å². The molecule has 0 aliphatic carbocycles. The van der Waals surface area contributed by atoms with Gasteiger partial charge in [-0.2, -0.15) is 0 Å². The van der Waals surface area contributed by atoms with Crippen LogP contribution >= 0.6 is 0 Å². The maximum absolute atomic E-state index is 14.3. The molecule has 6 heteroatoms. The molecular formula is C17H20FN3O2. The first-order valence-corrected chi connectivity index (χ1v) is 7.59. The lowest BCUT2D eigenvalue weighted by molar-refractivity contribution is 0.114. The van der Waals surface area contributed by atoms with E-state index in [0.717, 1.165) is 6.42 Å². The fourth-order valence-electron chi connectivity index (χ4n) is 2.80. The van der Waals surface area contributed by atoms with E-state index < -0.39 is 11.9 Å². The fraction of sp³-hybridized carbons (Fsp3) is 0.412. The van der Waals surface area contributed by atoms with Gasteiger partial charge >= 0.3 is 6.09 Å². The van der Waals surface area contributed by atoms with Crippen molar-refractivity contribution in [1.29, 1.82) is 0 Å². The summed E-state index contributed by atoms with van der Waals surface area (Å²) in [5.74, 6) is -0.410. The highest BCUT2D eigenvalue weighted by molar-refractivity contribution is 5.89. The Kier molecular flexibility index (Phi) is 3.83. The number of carbonyl (C=O) groups excluding carboxylic acids is 1. The maximum atomic E-state index is 14.3. The minimum Gasteiger partial charge on any atom is -0.444 e. The molecule has 0 unspecified atom stereocenters. The van der Waals surface area contributed by atoms with Gasteiger partial charge in [0.05, 0.1) is 24.2 Å². The molecule has 3 rings (SSSR count). The van der Waals surface area contributed by atoms with Crippen LogP contribution < -0.4 is 4.90 Å². The maximum Gasteiger partial charge on any atom is 0.414 e. The van der Waals surface area contributed by atoms with Crippen molar-refractivity contribution < 1.29 is 13.9 Å². The van der Waals surface area contributed by atoms with Gasteiger partial charge in [-0.15, -0.1) is 0 Å². The molecule has 23 heavy (non-hydrogen) atoms. The van der Waals surface area contributed by atoms with E-state index in [-0.39, 0.29) is 11.5 Å². The fourth-order valence-corrected chi connectivity index (χ4v) is 2.80. The molecule has 2 aromatic rings. The van der Waals surface area contributed by atoms with Crippen LogP contribution in [-0.4, -0.2) is 28.3 Å². The van der Waals surface area contributed by atoms with Gasteiger partial charge in [-0.3, -0.25) is 4.90 Å². The van der Waals surface area contributed by atoms with Gasteiger partial charge in [0.25, 0.3) is 0 Å². The van der Waals surface area contributed by atoms with Crippen molar-refractivity contribution in [3.05, 3.63) is 42.7 Å². The first-order chi connectivity index (χ1) is 10.8. The molecule has 1 aromatic heterocycles. The van der Waals surface area contributed by atoms with Crippen molar-refractivity contribution in [2.24, 2.45) is 5.41 Å².